The van der Waals surface area contributed by atoms with Gasteiger partial charge in [0, 0.05) is 18.6 Å². The summed E-state index contributed by atoms with van der Waals surface area (Å²) in [6, 6.07) is 9.28. The quantitative estimate of drug-likeness (QED) is 0.465. The molecule has 2 rings (SSSR count). The highest BCUT2D eigenvalue weighted by Crippen LogP contribution is 2.27. The van der Waals surface area contributed by atoms with Crippen LogP contribution in [-0.4, -0.2) is 61.1 Å². The molecule has 0 aliphatic rings. The van der Waals surface area contributed by atoms with Crippen LogP contribution in [0.1, 0.15) is 57.6 Å². The van der Waals surface area contributed by atoms with Crippen molar-refractivity contribution in [3.8, 4) is 11.5 Å². The van der Waals surface area contributed by atoms with Crippen molar-refractivity contribution in [2.24, 2.45) is 0 Å². The Morgan fingerprint density at radius 3 is 2.29 bits per heavy atom. The second-order valence-electron chi connectivity index (χ2n) is 9.72. The SMILES string of the molecule is CCCCN(CC(=O)N(CCc1ccc(OC)c(OC)c1)Cc1ccc(C)o1)C(=O)NC(C)(C)C. The molecule has 0 radical (unpaired) electrons. The van der Waals surface area contributed by atoms with Crippen LogP contribution in [-0.2, 0) is 17.8 Å². The molecular weight excluding hydrogens is 446 g/mol. The van der Waals surface area contributed by atoms with Crippen LogP contribution in [0.3, 0.4) is 0 Å². The summed E-state index contributed by atoms with van der Waals surface area (Å²) in [6.45, 7) is 11.1. The summed E-state index contributed by atoms with van der Waals surface area (Å²) in [4.78, 5) is 29.7. The van der Waals surface area contributed by atoms with E-state index in [-0.39, 0.29) is 24.0 Å². The number of nitrogens with zero attached hydrogens (tertiary/aromatic N) is 2. The molecule has 3 amide bonds. The number of furan rings is 1. The third-order valence-corrected chi connectivity index (χ3v) is 5.49. The fourth-order valence-corrected chi connectivity index (χ4v) is 3.61. The van der Waals surface area contributed by atoms with Gasteiger partial charge in [0.05, 0.1) is 20.8 Å². The van der Waals surface area contributed by atoms with Crippen LogP contribution >= 0.6 is 0 Å². The molecule has 8 heteroatoms. The predicted molar refractivity (Wildman–Crippen MR) is 137 cm³/mol. The molecular formula is C27H41N3O5. The average molecular weight is 488 g/mol. The number of hydrogen-bond donors (Lipinski definition) is 1. The number of amides is 3. The molecule has 0 spiro atoms. The summed E-state index contributed by atoms with van der Waals surface area (Å²) in [5.41, 5.74) is 0.632. The highest BCUT2D eigenvalue weighted by molar-refractivity contribution is 5.84. The fraction of sp³-hybridized carbons (Fsp3) is 0.556. The van der Waals surface area contributed by atoms with Crippen molar-refractivity contribution in [3.63, 3.8) is 0 Å². The van der Waals surface area contributed by atoms with Gasteiger partial charge in [-0.25, -0.2) is 4.79 Å². The fourth-order valence-electron chi connectivity index (χ4n) is 3.61. The van der Waals surface area contributed by atoms with Crippen molar-refractivity contribution in [2.45, 2.75) is 66.0 Å². The van der Waals surface area contributed by atoms with E-state index in [0.717, 1.165) is 24.2 Å². The number of ether oxygens (including phenoxy) is 2. The van der Waals surface area contributed by atoms with E-state index in [1.54, 1.807) is 24.0 Å². The first-order valence-electron chi connectivity index (χ1n) is 12.2. The summed E-state index contributed by atoms with van der Waals surface area (Å²) in [6.07, 6.45) is 2.38. The Morgan fingerprint density at radius 1 is 1.00 bits per heavy atom. The topological polar surface area (TPSA) is 84.2 Å². The Bertz CT molecular complexity index is 964. The third-order valence-electron chi connectivity index (χ3n) is 5.49. The highest BCUT2D eigenvalue weighted by atomic mass is 16.5. The van der Waals surface area contributed by atoms with Gasteiger partial charge < -0.3 is 29.0 Å². The van der Waals surface area contributed by atoms with E-state index >= 15 is 0 Å². The predicted octanol–water partition coefficient (Wildman–Crippen LogP) is 4.79. The zero-order chi connectivity index (χ0) is 26.0. The lowest BCUT2D eigenvalue weighted by atomic mass is 10.1. The summed E-state index contributed by atoms with van der Waals surface area (Å²) in [5.74, 6) is 2.68. The van der Waals surface area contributed by atoms with Crippen LogP contribution in [0.25, 0.3) is 0 Å². The molecule has 1 aromatic heterocycles. The van der Waals surface area contributed by atoms with Gasteiger partial charge in [-0.3, -0.25) is 4.79 Å². The van der Waals surface area contributed by atoms with Gasteiger partial charge >= 0.3 is 6.03 Å². The van der Waals surface area contributed by atoms with Gasteiger partial charge in [-0.2, -0.15) is 0 Å². The van der Waals surface area contributed by atoms with Crippen LogP contribution in [0.2, 0.25) is 0 Å². The first kappa shape index (κ1) is 28.1. The molecule has 0 saturated carbocycles. The standard InChI is InChI=1S/C27H41N3O5/c1-8-9-15-30(26(32)28-27(3,4)5)19-25(31)29(18-22-12-10-20(2)35-22)16-14-21-11-13-23(33-6)24(17-21)34-7/h10-13,17H,8-9,14-16,18-19H2,1-7H3,(H,28,32). The molecule has 0 saturated heterocycles. The van der Waals surface area contributed by atoms with E-state index in [4.69, 9.17) is 13.9 Å². The lowest BCUT2D eigenvalue weighted by Gasteiger charge is -2.30. The molecule has 1 aromatic carbocycles. The minimum absolute atomic E-state index is 0.00748. The van der Waals surface area contributed by atoms with Crippen LogP contribution in [0.4, 0.5) is 4.79 Å². The summed E-state index contributed by atoms with van der Waals surface area (Å²) in [5, 5.41) is 2.98. The molecule has 0 fully saturated rings. The second kappa shape index (κ2) is 13.1. The van der Waals surface area contributed by atoms with E-state index in [1.807, 2.05) is 58.0 Å². The van der Waals surface area contributed by atoms with E-state index in [2.05, 4.69) is 12.2 Å². The maximum absolute atomic E-state index is 13.5. The number of benzene rings is 1. The van der Waals surface area contributed by atoms with Crippen molar-refractivity contribution in [1.29, 1.82) is 0 Å². The van der Waals surface area contributed by atoms with E-state index in [9.17, 15) is 9.59 Å². The minimum atomic E-state index is -0.386. The second-order valence-corrected chi connectivity index (χ2v) is 9.72. The molecule has 1 N–H and O–H groups in total. The smallest absolute Gasteiger partial charge is 0.318 e. The van der Waals surface area contributed by atoms with E-state index in [1.165, 1.54) is 0 Å². The Labute approximate surface area is 209 Å². The van der Waals surface area contributed by atoms with Crippen molar-refractivity contribution < 1.29 is 23.5 Å². The normalized spacial score (nSPS) is 11.2. The molecule has 35 heavy (non-hydrogen) atoms. The molecule has 2 aromatic rings. The number of carbonyl (C=O) groups is 2. The largest absolute Gasteiger partial charge is 0.493 e. The Balaban J connectivity index is 2.19. The average Bonchev–Trinajstić information content (AvgIpc) is 3.22. The molecule has 194 valence electrons. The van der Waals surface area contributed by atoms with Crippen LogP contribution < -0.4 is 14.8 Å². The molecule has 0 unspecified atom stereocenters. The lowest BCUT2D eigenvalue weighted by molar-refractivity contribution is -0.132. The molecule has 0 atom stereocenters. The molecule has 0 bridgehead atoms. The molecule has 8 nitrogen and oxygen atoms in total. The first-order chi connectivity index (χ1) is 16.6. The monoisotopic (exact) mass is 487 g/mol. The zero-order valence-corrected chi connectivity index (χ0v) is 22.3. The number of methoxy groups -OCH3 is 2. The lowest BCUT2D eigenvalue weighted by Crippen LogP contribution is -2.52. The zero-order valence-electron chi connectivity index (χ0n) is 22.3. The van der Waals surface area contributed by atoms with Crippen molar-refractivity contribution in [1.82, 2.24) is 15.1 Å². The Hall–Kier alpha value is -3.16. The number of hydrogen-bond acceptors (Lipinski definition) is 5. The maximum atomic E-state index is 13.5. The third kappa shape index (κ3) is 9.19. The maximum Gasteiger partial charge on any atom is 0.318 e. The highest BCUT2D eigenvalue weighted by Gasteiger charge is 2.24. The number of unbranched alkanes of at least 4 members (excludes halogenated alkanes) is 1. The van der Waals surface area contributed by atoms with Crippen LogP contribution in [0, 0.1) is 6.92 Å². The first-order valence-corrected chi connectivity index (χ1v) is 12.2. The Kier molecular flexibility index (Phi) is 10.5. The number of aryl methyl sites for hydroxylation is 1. The van der Waals surface area contributed by atoms with E-state index in [0.29, 0.717) is 43.3 Å². The number of urea groups is 1. The molecule has 0 aliphatic carbocycles. The summed E-state index contributed by atoms with van der Waals surface area (Å²) in [7, 11) is 3.20. The van der Waals surface area contributed by atoms with Crippen molar-refractivity contribution >= 4 is 11.9 Å². The number of carbonyl (C=O) groups excluding carboxylic acids is 2. The Morgan fingerprint density at radius 2 is 1.71 bits per heavy atom. The summed E-state index contributed by atoms with van der Waals surface area (Å²) >= 11 is 0. The van der Waals surface area contributed by atoms with Gasteiger partial charge in [-0.05, 0) is 70.4 Å². The molecule has 1 heterocycles. The number of rotatable bonds is 12. The van der Waals surface area contributed by atoms with Crippen molar-refractivity contribution in [3.05, 3.63) is 47.4 Å². The van der Waals surface area contributed by atoms with Gasteiger partial charge in [0.2, 0.25) is 5.91 Å². The molecule has 0 aliphatic heterocycles. The van der Waals surface area contributed by atoms with Gasteiger partial charge in [-0.15, -0.1) is 0 Å². The number of nitrogens with one attached hydrogen (secondary N) is 1. The van der Waals surface area contributed by atoms with Gasteiger partial charge in [-0.1, -0.05) is 19.4 Å². The van der Waals surface area contributed by atoms with Gasteiger partial charge in [0.15, 0.2) is 11.5 Å². The van der Waals surface area contributed by atoms with Crippen LogP contribution in [0.15, 0.2) is 34.7 Å². The minimum Gasteiger partial charge on any atom is -0.493 e. The summed E-state index contributed by atoms with van der Waals surface area (Å²) < 4.78 is 16.5. The van der Waals surface area contributed by atoms with E-state index < -0.39 is 0 Å². The van der Waals surface area contributed by atoms with Crippen LogP contribution in [0.5, 0.6) is 11.5 Å². The van der Waals surface area contributed by atoms with Gasteiger partial charge in [0.1, 0.15) is 18.1 Å². The van der Waals surface area contributed by atoms with Crippen molar-refractivity contribution in [2.75, 3.05) is 33.9 Å². The van der Waals surface area contributed by atoms with Gasteiger partial charge in [0.25, 0.3) is 0 Å².